The van der Waals surface area contributed by atoms with Gasteiger partial charge < -0.3 is 19.1 Å². The van der Waals surface area contributed by atoms with Gasteiger partial charge in [-0.05, 0) is 31.0 Å². The van der Waals surface area contributed by atoms with Crippen LogP contribution in [0.3, 0.4) is 0 Å². The average Bonchev–Trinajstić information content (AvgIpc) is 2.88. The monoisotopic (exact) mass is 373 g/mol. The van der Waals surface area contributed by atoms with Gasteiger partial charge in [0.25, 0.3) is 11.7 Å². The number of benzene rings is 2. The molecule has 0 saturated carbocycles. The van der Waals surface area contributed by atoms with E-state index >= 15 is 0 Å². The van der Waals surface area contributed by atoms with Crippen molar-refractivity contribution in [3.63, 3.8) is 0 Å². The van der Waals surface area contributed by atoms with Crippen molar-refractivity contribution < 1.29 is 19.0 Å². The summed E-state index contributed by atoms with van der Waals surface area (Å²) in [6.07, 6.45) is 0.765. The van der Waals surface area contributed by atoms with Gasteiger partial charge in [0.2, 0.25) is 0 Å². The lowest BCUT2D eigenvalue weighted by atomic mass is 10.1. The third kappa shape index (κ3) is 2.76. The lowest BCUT2D eigenvalue weighted by Gasteiger charge is -2.32. The third-order valence-electron chi connectivity index (χ3n) is 4.70. The lowest BCUT2D eigenvalue weighted by molar-refractivity contribution is -0.256. The minimum absolute atomic E-state index is 0.242. The standard InChI is InChI=1S/C20H20ClNO4/c1-14-6-2-3-9-17(14)24-13-10-22-18-15(7-4-8-16(18)21)20(19(22)23)25-11-5-12-26-20/h2-4,6-9H,5,10-13H2,1H3. The summed E-state index contributed by atoms with van der Waals surface area (Å²) in [4.78, 5) is 14.8. The number of anilines is 1. The van der Waals surface area contributed by atoms with Crippen molar-refractivity contribution in [1.82, 2.24) is 0 Å². The highest BCUT2D eigenvalue weighted by Crippen LogP contribution is 2.48. The van der Waals surface area contributed by atoms with Crippen LogP contribution in [0.2, 0.25) is 5.02 Å². The molecule has 0 atom stereocenters. The molecule has 0 N–H and O–H groups in total. The Morgan fingerprint density at radius 2 is 1.92 bits per heavy atom. The van der Waals surface area contributed by atoms with Crippen LogP contribution in [-0.2, 0) is 20.1 Å². The van der Waals surface area contributed by atoms with E-state index in [1.807, 2.05) is 43.3 Å². The van der Waals surface area contributed by atoms with Crippen molar-refractivity contribution in [3.8, 4) is 5.75 Å². The predicted octanol–water partition coefficient (Wildman–Crippen LogP) is 3.66. The predicted molar refractivity (Wildman–Crippen MR) is 98.7 cm³/mol. The van der Waals surface area contributed by atoms with E-state index in [1.165, 1.54) is 0 Å². The van der Waals surface area contributed by atoms with Gasteiger partial charge in [-0.25, -0.2) is 0 Å². The van der Waals surface area contributed by atoms with Crippen molar-refractivity contribution in [2.45, 2.75) is 19.1 Å². The van der Waals surface area contributed by atoms with Crippen LogP contribution in [0, 0.1) is 6.92 Å². The highest BCUT2D eigenvalue weighted by atomic mass is 35.5. The summed E-state index contributed by atoms with van der Waals surface area (Å²) in [5.41, 5.74) is 2.37. The molecule has 1 spiro atoms. The molecule has 1 amide bonds. The molecular weight excluding hydrogens is 354 g/mol. The fraction of sp³-hybridized carbons (Fsp3) is 0.350. The van der Waals surface area contributed by atoms with Crippen molar-refractivity contribution in [1.29, 1.82) is 0 Å². The molecule has 1 saturated heterocycles. The van der Waals surface area contributed by atoms with Crippen LogP contribution in [0.4, 0.5) is 5.69 Å². The van der Waals surface area contributed by atoms with Crippen LogP contribution in [-0.4, -0.2) is 32.3 Å². The largest absolute Gasteiger partial charge is 0.491 e. The van der Waals surface area contributed by atoms with Gasteiger partial charge in [-0.1, -0.05) is 41.9 Å². The summed E-state index contributed by atoms with van der Waals surface area (Å²) >= 11 is 6.41. The minimum atomic E-state index is -1.37. The first-order valence-corrected chi connectivity index (χ1v) is 9.08. The van der Waals surface area contributed by atoms with Gasteiger partial charge in [0.15, 0.2) is 0 Å². The van der Waals surface area contributed by atoms with E-state index in [9.17, 15) is 4.79 Å². The molecule has 136 valence electrons. The number of carbonyl (C=O) groups excluding carboxylic acids is 1. The van der Waals surface area contributed by atoms with E-state index in [2.05, 4.69) is 0 Å². The van der Waals surface area contributed by atoms with Gasteiger partial charge in [-0.3, -0.25) is 4.79 Å². The highest BCUT2D eigenvalue weighted by Gasteiger charge is 2.55. The van der Waals surface area contributed by atoms with Gasteiger partial charge in [-0.15, -0.1) is 0 Å². The molecule has 26 heavy (non-hydrogen) atoms. The Balaban J connectivity index is 1.59. The SMILES string of the molecule is Cc1ccccc1OCCN1C(=O)C2(OCCCO2)c2cccc(Cl)c21. The van der Waals surface area contributed by atoms with Crippen LogP contribution in [0.5, 0.6) is 5.75 Å². The maximum Gasteiger partial charge on any atom is 0.292 e. The Hall–Kier alpha value is -2.08. The van der Waals surface area contributed by atoms with E-state index in [0.717, 1.165) is 17.7 Å². The normalized spacial score (nSPS) is 18.2. The van der Waals surface area contributed by atoms with E-state index in [4.69, 9.17) is 25.8 Å². The second kappa shape index (κ2) is 6.91. The number of rotatable bonds is 4. The van der Waals surface area contributed by atoms with Gasteiger partial charge in [0.05, 0.1) is 30.5 Å². The zero-order valence-corrected chi connectivity index (χ0v) is 15.3. The highest BCUT2D eigenvalue weighted by molar-refractivity contribution is 6.35. The Morgan fingerprint density at radius 1 is 1.15 bits per heavy atom. The molecule has 0 radical (unpaired) electrons. The second-order valence-corrected chi connectivity index (χ2v) is 6.78. The summed E-state index contributed by atoms with van der Waals surface area (Å²) in [6.45, 7) is 3.65. The number of fused-ring (bicyclic) bond motifs is 2. The fourth-order valence-corrected chi connectivity index (χ4v) is 3.72. The van der Waals surface area contributed by atoms with Crippen molar-refractivity contribution in [2.75, 3.05) is 31.3 Å². The second-order valence-electron chi connectivity index (χ2n) is 6.37. The molecule has 1 fully saturated rings. The van der Waals surface area contributed by atoms with E-state index in [1.54, 1.807) is 11.0 Å². The van der Waals surface area contributed by atoms with Crippen LogP contribution in [0.1, 0.15) is 17.5 Å². The number of halogens is 1. The molecule has 0 aromatic heterocycles. The first-order chi connectivity index (χ1) is 12.6. The topological polar surface area (TPSA) is 48.0 Å². The number of amides is 1. The Bertz CT molecular complexity index is 832. The summed E-state index contributed by atoms with van der Waals surface area (Å²) in [6, 6.07) is 13.2. The average molecular weight is 374 g/mol. The number of para-hydroxylation sites is 2. The Kier molecular flexibility index (Phi) is 4.61. The fourth-order valence-electron chi connectivity index (χ4n) is 3.44. The number of ether oxygens (including phenoxy) is 3. The first-order valence-electron chi connectivity index (χ1n) is 8.71. The quantitative estimate of drug-likeness (QED) is 0.820. The van der Waals surface area contributed by atoms with Crippen LogP contribution in [0.25, 0.3) is 0 Å². The molecule has 2 aliphatic rings. The van der Waals surface area contributed by atoms with E-state index < -0.39 is 5.79 Å². The molecule has 2 heterocycles. The minimum Gasteiger partial charge on any atom is -0.491 e. The number of aryl methyl sites for hydroxylation is 1. The zero-order valence-electron chi connectivity index (χ0n) is 14.5. The van der Waals surface area contributed by atoms with Gasteiger partial charge in [-0.2, -0.15) is 0 Å². The number of hydrogen-bond donors (Lipinski definition) is 0. The van der Waals surface area contributed by atoms with E-state index in [-0.39, 0.29) is 5.91 Å². The summed E-state index contributed by atoms with van der Waals surface area (Å²) in [5, 5.41) is 0.501. The number of carbonyl (C=O) groups is 1. The van der Waals surface area contributed by atoms with Gasteiger partial charge in [0.1, 0.15) is 12.4 Å². The van der Waals surface area contributed by atoms with Crippen molar-refractivity contribution in [2.24, 2.45) is 0 Å². The molecule has 5 nitrogen and oxygen atoms in total. The summed E-state index contributed by atoms with van der Waals surface area (Å²) in [7, 11) is 0. The zero-order chi connectivity index (χ0) is 18.1. The molecular formula is C20H20ClNO4. The third-order valence-corrected chi connectivity index (χ3v) is 5.01. The smallest absolute Gasteiger partial charge is 0.292 e. The molecule has 0 aliphatic carbocycles. The van der Waals surface area contributed by atoms with Crippen LogP contribution in [0.15, 0.2) is 42.5 Å². The maximum absolute atomic E-state index is 13.2. The Morgan fingerprint density at radius 3 is 2.69 bits per heavy atom. The van der Waals surface area contributed by atoms with Crippen LogP contribution < -0.4 is 9.64 Å². The molecule has 2 aromatic carbocycles. The number of hydrogen-bond acceptors (Lipinski definition) is 4. The number of nitrogens with zero attached hydrogens (tertiary/aromatic N) is 1. The Labute approximate surface area is 157 Å². The van der Waals surface area contributed by atoms with Crippen molar-refractivity contribution in [3.05, 3.63) is 58.6 Å². The molecule has 0 bridgehead atoms. The molecule has 4 rings (SSSR count). The maximum atomic E-state index is 13.2. The molecule has 0 unspecified atom stereocenters. The van der Waals surface area contributed by atoms with Gasteiger partial charge in [0, 0.05) is 5.56 Å². The first kappa shape index (κ1) is 17.3. The van der Waals surface area contributed by atoms with Gasteiger partial charge >= 0.3 is 0 Å². The summed E-state index contributed by atoms with van der Waals surface area (Å²) in [5.74, 6) is -0.812. The van der Waals surface area contributed by atoms with Crippen LogP contribution >= 0.6 is 11.6 Å². The lowest BCUT2D eigenvalue weighted by Crippen LogP contribution is -2.48. The van der Waals surface area contributed by atoms with E-state index in [0.29, 0.717) is 42.6 Å². The molecule has 6 heteroatoms. The van der Waals surface area contributed by atoms with Crippen molar-refractivity contribution >= 4 is 23.2 Å². The molecule has 2 aromatic rings. The molecule has 2 aliphatic heterocycles. The summed E-state index contributed by atoms with van der Waals surface area (Å²) < 4.78 is 17.5.